The minimum atomic E-state index is -0.763. The zero-order valence-electron chi connectivity index (χ0n) is 55.0. The monoisotopic (exact) mass is 1230 g/mol. The van der Waals surface area contributed by atoms with Gasteiger partial charge >= 0.3 is 24.2 Å². The third kappa shape index (κ3) is 18.5. The number of likely N-dealkylation sites (tertiary alicyclic amines) is 2. The Morgan fingerprint density at radius 3 is 1.45 bits per heavy atom. The van der Waals surface area contributed by atoms with Crippen molar-refractivity contribution in [1.82, 2.24) is 9.80 Å². The molecule has 8 fully saturated rings. The summed E-state index contributed by atoms with van der Waals surface area (Å²) in [4.78, 5) is 60.2. The average molecular weight is 1230 g/mol. The maximum Gasteiger partial charge on any atom is 0.514 e. The Morgan fingerprint density at radius 2 is 1.06 bits per heavy atom. The van der Waals surface area contributed by atoms with E-state index in [0.29, 0.717) is 49.7 Å². The summed E-state index contributed by atoms with van der Waals surface area (Å²) in [7, 11) is 0. The Labute approximate surface area is 525 Å². The lowest BCUT2D eigenvalue weighted by molar-refractivity contribution is -0.384. The number of carbonyl (C=O) groups is 4. The van der Waals surface area contributed by atoms with Gasteiger partial charge in [-0.3, -0.25) is 24.6 Å². The zero-order valence-corrected chi connectivity index (χ0v) is 55.0. The first-order valence-corrected chi connectivity index (χ1v) is 34.0. The van der Waals surface area contributed by atoms with E-state index >= 15 is 0 Å². The molecule has 496 valence electrons. The van der Waals surface area contributed by atoms with Crippen molar-refractivity contribution in [2.75, 3.05) is 52.5 Å². The van der Waals surface area contributed by atoms with Crippen LogP contribution in [-0.2, 0) is 33.3 Å². The minimum absolute atomic E-state index is 0.0271. The maximum absolute atomic E-state index is 12.3. The van der Waals surface area contributed by atoms with Crippen LogP contribution in [0.3, 0.4) is 0 Å². The number of nitro groups is 1. The van der Waals surface area contributed by atoms with Gasteiger partial charge in [0.25, 0.3) is 5.69 Å². The molecule has 0 amide bonds. The summed E-state index contributed by atoms with van der Waals surface area (Å²) in [5, 5.41) is 42.2. The second-order valence-electron chi connectivity index (χ2n) is 29.0. The summed E-state index contributed by atoms with van der Waals surface area (Å²) in [6, 6.07) is 5.40. The number of nitrogens with zero attached hydrogens (tertiary/aromatic N) is 3. The van der Waals surface area contributed by atoms with Gasteiger partial charge in [0, 0.05) is 38.1 Å². The molecule has 4 aliphatic heterocycles. The molecule has 1 aromatic rings. The molecule has 18 heteroatoms. The fourth-order valence-corrected chi connectivity index (χ4v) is 17.1. The molecule has 0 radical (unpaired) electrons. The molecule has 88 heavy (non-hydrogen) atoms. The van der Waals surface area contributed by atoms with Crippen molar-refractivity contribution in [2.24, 2.45) is 45.3 Å². The molecule has 12 atom stereocenters. The highest BCUT2D eigenvalue weighted by Gasteiger charge is 2.59. The zero-order chi connectivity index (χ0) is 63.8. The minimum Gasteiger partial charge on any atom is -0.435 e. The topological polar surface area (TPSA) is 234 Å². The normalized spacial score (nSPS) is 35.3. The highest BCUT2D eigenvalue weighted by atomic mass is 16.7. The van der Waals surface area contributed by atoms with Crippen LogP contribution in [0.25, 0.3) is 0 Å². The van der Waals surface area contributed by atoms with Gasteiger partial charge in [0.1, 0.15) is 24.6 Å². The Kier molecular flexibility index (Phi) is 25.8. The van der Waals surface area contributed by atoms with E-state index in [1.54, 1.807) is 0 Å². The highest BCUT2D eigenvalue weighted by Crippen LogP contribution is 2.64. The van der Waals surface area contributed by atoms with Crippen LogP contribution in [0, 0.1) is 55.4 Å². The highest BCUT2D eigenvalue weighted by molar-refractivity contribution is 5.71. The first-order valence-electron chi connectivity index (χ1n) is 34.0. The van der Waals surface area contributed by atoms with Crippen molar-refractivity contribution in [3.05, 3.63) is 58.1 Å². The van der Waals surface area contributed by atoms with Gasteiger partial charge in [-0.05, 0) is 263 Å². The SMILES string of the molecule is CC1=COC(=O)CC1.CC1=COC(=O)CC1.CC[C@@H]1C[C@@H](OC(=O)OCCN2CCCC2)CC[C@]1(C)[C@H]1CC[C@]2(C)CCC[C@]2(O)C1.CC[C@@H]1C[C@@H](OC(=O)Oc2ccc([N+](=O)[O-])cc2)CC[C@]1(C)[C@H]1CC[C@]2(C)CCC[C@]2(O)C1.OCCN1CCCC1. The van der Waals surface area contributed by atoms with Gasteiger partial charge in [0.2, 0.25) is 0 Å². The summed E-state index contributed by atoms with van der Waals surface area (Å²) in [5.74, 6) is 2.01. The first kappa shape index (κ1) is 70.8. The number of cyclic esters (lactones) is 2. The van der Waals surface area contributed by atoms with E-state index in [1.807, 2.05) is 13.8 Å². The van der Waals surface area contributed by atoms with Crippen molar-refractivity contribution >= 4 is 29.9 Å². The number of benzene rings is 1. The molecule has 2 saturated heterocycles. The lowest BCUT2D eigenvalue weighted by Crippen LogP contribution is -2.52. The van der Waals surface area contributed by atoms with Crippen LogP contribution in [0.5, 0.6) is 5.75 Å². The number of β-amino-alcohol motifs (C(OH)–C–C–N with tert-alkyl or cyclic N) is 1. The number of aliphatic hydroxyl groups is 3. The predicted molar refractivity (Wildman–Crippen MR) is 337 cm³/mol. The summed E-state index contributed by atoms with van der Waals surface area (Å²) in [6.07, 6.45) is 30.1. The molecule has 6 aliphatic carbocycles. The van der Waals surface area contributed by atoms with Gasteiger partial charge in [0.05, 0.1) is 35.3 Å². The van der Waals surface area contributed by atoms with Crippen molar-refractivity contribution < 1.29 is 67.8 Å². The smallest absolute Gasteiger partial charge is 0.435 e. The molecule has 4 heterocycles. The third-order valence-corrected chi connectivity index (χ3v) is 23.4. The number of esters is 2. The molecule has 0 bridgehead atoms. The largest absolute Gasteiger partial charge is 0.514 e. The first-order chi connectivity index (χ1) is 41.9. The molecular weight excluding hydrogens is 1120 g/mol. The quantitative estimate of drug-likeness (QED) is 0.0547. The standard InChI is InChI=1S/C26H37NO6.C26H45NO4.C6H13NO.2C6H8O2/c1-4-18-16-22(33-23(28)32-21-8-6-20(7-9-21)27(30)31)11-15-25(18,3)19-10-14-24(2)12-5-13-26(24,29)17-19;1-4-20-18-22(31-23(28)30-17-16-27-14-5-6-15-27)9-13-25(20,3)21-8-12-24(2)10-7-11-26(24,29)19-21;8-6-5-7-3-1-2-4-7;2*1-5-2-3-6(7)8-4-5/h6-9,18-19,22,29H,4-5,10-17H2,1-3H3;20-22,29H,4-19H2,1-3H3;8H,1-6H2;2*4H,2-3H2,1H3/t18-,19+,22+,24+,25+,26+;20-,21+,22+,24+,25+,26+;;;/m11.../s1. The van der Waals surface area contributed by atoms with Crippen molar-refractivity contribution in [2.45, 2.75) is 259 Å². The van der Waals surface area contributed by atoms with Crippen LogP contribution in [0.4, 0.5) is 15.3 Å². The Hall–Kier alpha value is -4.62. The predicted octanol–water partition coefficient (Wildman–Crippen LogP) is 14.5. The van der Waals surface area contributed by atoms with E-state index in [2.05, 4.69) is 60.8 Å². The van der Waals surface area contributed by atoms with Gasteiger partial charge < -0.3 is 48.6 Å². The molecular formula is C70H111N3O15. The van der Waals surface area contributed by atoms with Crippen LogP contribution in [0.2, 0.25) is 0 Å². The molecule has 18 nitrogen and oxygen atoms in total. The molecule has 1 aromatic carbocycles. The van der Waals surface area contributed by atoms with E-state index in [-0.39, 0.29) is 57.2 Å². The second-order valence-corrected chi connectivity index (χ2v) is 29.0. The third-order valence-electron chi connectivity index (χ3n) is 23.4. The van der Waals surface area contributed by atoms with Gasteiger partial charge in [-0.15, -0.1) is 0 Å². The number of hydrogen-bond donors (Lipinski definition) is 3. The van der Waals surface area contributed by atoms with Crippen LogP contribution >= 0.6 is 0 Å². The van der Waals surface area contributed by atoms with E-state index in [9.17, 15) is 39.5 Å². The molecule has 6 saturated carbocycles. The number of hydrogen-bond acceptors (Lipinski definition) is 17. The Morgan fingerprint density at radius 1 is 0.614 bits per heavy atom. The number of non-ortho nitro benzene ring substituents is 1. The number of allylic oxidation sites excluding steroid dienone is 2. The van der Waals surface area contributed by atoms with Crippen LogP contribution in [0.15, 0.2) is 47.9 Å². The summed E-state index contributed by atoms with van der Waals surface area (Å²) < 4.78 is 31.2. The van der Waals surface area contributed by atoms with E-state index in [4.69, 9.17) is 24.1 Å². The number of fused-ring (bicyclic) bond motifs is 2. The van der Waals surface area contributed by atoms with Gasteiger partial charge in [-0.2, -0.15) is 0 Å². The molecule has 0 unspecified atom stereocenters. The Balaban J connectivity index is 0.000000182. The fourth-order valence-electron chi connectivity index (χ4n) is 17.1. The molecule has 11 rings (SSSR count). The molecule has 0 spiro atoms. The van der Waals surface area contributed by atoms with Gasteiger partial charge in [-0.1, -0.05) is 54.4 Å². The second kappa shape index (κ2) is 32.1. The van der Waals surface area contributed by atoms with Crippen molar-refractivity contribution in [3.63, 3.8) is 0 Å². The molecule has 3 N–H and O–H groups in total. The van der Waals surface area contributed by atoms with E-state index < -0.39 is 28.4 Å². The van der Waals surface area contributed by atoms with Crippen molar-refractivity contribution in [3.8, 4) is 5.75 Å². The van der Waals surface area contributed by atoms with Crippen LogP contribution < -0.4 is 4.74 Å². The number of rotatable bonds is 13. The molecule has 10 aliphatic rings. The number of carbonyl (C=O) groups excluding carboxylic acids is 4. The van der Waals surface area contributed by atoms with E-state index in [1.165, 1.54) is 101 Å². The van der Waals surface area contributed by atoms with Gasteiger partial charge in [0.15, 0.2) is 0 Å². The van der Waals surface area contributed by atoms with Crippen LogP contribution in [0.1, 0.15) is 235 Å². The fraction of sp³-hybridized carbons (Fsp3) is 0.800. The summed E-state index contributed by atoms with van der Waals surface area (Å²) >= 11 is 0. The lowest BCUT2D eigenvalue weighted by Gasteiger charge is -2.55. The summed E-state index contributed by atoms with van der Waals surface area (Å²) in [6.45, 7) is 24.9. The lowest BCUT2D eigenvalue weighted by atomic mass is 9.52. The average Bonchev–Trinajstić information content (AvgIpc) is 1.42. The number of aliphatic hydroxyl groups excluding tert-OH is 1. The summed E-state index contributed by atoms with van der Waals surface area (Å²) in [5.41, 5.74) is 1.80. The van der Waals surface area contributed by atoms with Gasteiger partial charge in [-0.25, -0.2) is 9.59 Å². The number of ether oxygens (including phenoxy) is 6. The van der Waals surface area contributed by atoms with Crippen molar-refractivity contribution in [1.29, 1.82) is 0 Å². The van der Waals surface area contributed by atoms with E-state index in [0.717, 1.165) is 153 Å². The molecule has 0 aromatic heterocycles. The maximum atomic E-state index is 12.3. The number of nitro benzene ring substituents is 1. The van der Waals surface area contributed by atoms with Crippen LogP contribution in [-0.4, -0.2) is 130 Å². The Bertz CT molecular complexity index is 2480.